The standard InChI is InChI=1S/C11H16.C6H12O6/c1-2-3-5-8-11-9-6-4-7-10-11;7-1-2-3(8)4(9)5(10)6(11)12-2/h4,6-7,9-10H,2-3,5,8H2,1H3;2-11H,1H2/t;2-,3+,4+,5-,6-/m.1/s1. The van der Waals surface area contributed by atoms with Crippen LogP contribution in [0.25, 0.3) is 0 Å². The van der Waals surface area contributed by atoms with Crippen molar-refractivity contribution < 1.29 is 30.3 Å². The maximum Gasteiger partial charge on any atom is 0.184 e. The van der Waals surface area contributed by atoms with Crippen molar-refractivity contribution in [3.05, 3.63) is 35.9 Å². The number of hydrogen-bond acceptors (Lipinski definition) is 6. The van der Waals surface area contributed by atoms with E-state index in [1.807, 2.05) is 0 Å². The molecule has 132 valence electrons. The van der Waals surface area contributed by atoms with E-state index in [-0.39, 0.29) is 0 Å². The Morgan fingerprint density at radius 2 is 1.57 bits per heavy atom. The first-order chi connectivity index (χ1) is 11.0. The van der Waals surface area contributed by atoms with Gasteiger partial charge in [-0.05, 0) is 18.4 Å². The highest BCUT2D eigenvalue weighted by Crippen LogP contribution is 2.19. The second-order valence-electron chi connectivity index (χ2n) is 5.66. The first-order valence-electron chi connectivity index (χ1n) is 8.03. The molecule has 1 aliphatic heterocycles. The average Bonchev–Trinajstić information content (AvgIpc) is 2.58. The quantitative estimate of drug-likeness (QED) is 0.494. The van der Waals surface area contributed by atoms with E-state index in [9.17, 15) is 0 Å². The van der Waals surface area contributed by atoms with Crippen LogP contribution in [0.15, 0.2) is 30.3 Å². The number of unbranched alkanes of at least 4 members (excludes halogenated alkanes) is 2. The van der Waals surface area contributed by atoms with Crippen LogP contribution in [0.1, 0.15) is 31.7 Å². The molecule has 1 aromatic rings. The minimum atomic E-state index is -1.57. The van der Waals surface area contributed by atoms with Gasteiger partial charge in [-0.1, -0.05) is 50.1 Å². The number of benzene rings is 1. The summed E-state index contributed by atoms with van der Waals surface area (Å²) >= 11 is 0. The Morgan fingerprint density at radius 3 is 2.13 bits per heavy atom. The second kappa shape index (κ2) is 10.7. The molecular formula is C17H28O6. The van der Waals surface area contributed by atoms with Crippen LogP contribution in [0, 0.1) is 0 Å². The van der Waals surface area contributed by atoms with Gasteiger partial charge in [-0.2, -0.15) is 0 Å². The topological polar surface area (TPSA) is 110 Å². The molecule has 1 saturated heterocycles. The van der Waals surface area contributed by atoms with Gasteiger partial charge in [-0.15, -0.1) is 0 Å². The second-order valence-corrected chi connectivity index (χ2v) is 5.66. The van der Waals surface area contributed by atoms with Crippen molar-refractivity contribution in [3.8, 4) is 0 Å². The summed E-state index contributed by atoms with van der Waals surface area (Å²) in [5, 5.41) is 44.7. The van der Waals surface area contributed by atoms with Crippen LogP contribution >= 0.6 is 0 Å². The molecular weight excluding hydrogens is 300 g/mol. The van der Waals surface area contributed by atoms with Crippen molar-refractivity contribution in [1.82, 2.24) is 0 Å². The highest BCUT2D eigenvalue weighted by atomic mass is 16.6. The molecule has 0 spiro atoms. The summed E-state index contributed by atoms with van der Waals surface area (Å²) in [6, 6.07) is 10.7. The first kappa shape index (κ1) is 20.0. The van der Waals surface area contributed by atoms with Gasteiger partial charge in [-0.25, -0.2) is 0 Å². The van der Waals surface area contributed by atoms with Gasteiger partial charge in [-0.3, -0.25) is 0 Å². The van der Waals surface area contributed by atoms with Crippen LogP contribution < -0.4 is 0 Å². The molecule has 0 amide bonds. The molecule has 1 aromatic carbocycles. The lowest BCUT2D eigenvalue weighted by Crippen LogP contribution is -2.58. The van der Waals surface area contributed by atoms with Gasteiger partial charge in [0.1, 0.15) is 24.4 Å². The number of aryl methyl sites for hydroxylation is 1. The smallest absolute Gasteiger partial charge is 0.184 e. The molecule has 6 nitrogen and oxygen atoms in total. The molecule has 0 bridgehead atoms. The summed E-state index contributed by atoms with van der Waals surface area (Å²) in [6.45, 7) is 1.72. The molecule has 0 unspecified atom stereocenters. The SMILES string of the molecule is CCCCCc1ccccc1.OC[C@H]1O[C@@H](O)[C@H](O)[C@@H](O)[C@H]1O. The number of rotatable bonds is 5. The molecule has 0 saturated carbocycles. The maximum atomic E-state index is 9.12. The van der Waals surface area contributed by atoms with Gasteiger partial charge in [0.25, 0.3) is 0 Å². The third-order valence-corrected chi connectivity index (χ3v) is 3.78. The molecule has 6 heteroatoms. The lowest BCUT2D eigenvalue weighted by molar-refractivity contribution is -0.286. The van der Waals surface area contributed by atoms with E-state index < -0.39 is 37.3 Å². The van der Waals surface area contributed by atoms with Crippen molar-refractivity contribution in [3.63, 3.8) is 0 Å². The van der Waals surface area contributed by atoms with E-state index in [1.54, 1.807) is 0 Å². The lowest BCUT2D eigenvalue weighted by Gasteiger charge is -2.37. The number of aliphatic hydroxyl groups excluding tert-OH is 5. The van der Waals surface area contributed by atoms with Crippen molar-refractivity contribution in [2.24, 2.45) is 0 Å². The highest BCUT2D eigenvalue weighted by Gasteiger charge is 2.42. The molecule has 0 aliphatic carbocycles. The Morgan fingerprint density at radius 1 is 0.913 bits per heavy atom. The van der Waals surface area contributed by atoms with Gasteiger partial charge in [0, 0.05) is 0 Å². The van der Waals surface area contributed by atoms with Crippen LogP contribution in [0.5, 0.6) is 0 Å². The van der Waals surface area contributed by atoms with E-state index in [1.165, 1.54) is 31.2 Å². The zero-order valence-corrected chi connectivity index (χ0v) is 13.5. The largest absolute Gasteiger partial charge is 0.394 e. The normalized spacial score (nSPS) is 30.4. The Labute approximate surface area is 137 Å². The predicted octanol–water partition coefficient (Wildman–Crippen LogP) is 0.198. The van der Waals surface area contributed by atoms with Crippen LogP contribution in [0.2, 0.25) is 0 Å². The van der Waals surface area contributed by atoms with Crippen molar-refractivity contribution >= 4 is 0 Å². The fourth-order valence-electron chi connectivity index (χ4n) is 2.31. The monoisotopic (exact) mass is 328 g/mol. The molecule has 0 radical (unpaired) electrons. The minimum Gasteiger partial charge on any atom is -0.394 e. The number of hydrogen-bond donors (Lipinski definition) is 5. The van der Waals surface area contributed by atoms with Crippen LogP contribution in [0.3, 0.4) is 0 Å². The average molecular weight is 328 g/mol. The van der Waals surface area contributed by atoms with Gasteiger partial charge in [0.15, 0.2) is 6.29 Å². The number of ether oxygens (including phenoxy) is 1. The molecule has 1 fully saturated rings. The summed E-state index contributed by atoms with van der Waals surface area (Å²) in [7, 11) is 0. The van der Waals surface area contributed by atoms with E-state index in [4.69, 9.17) is 25.5 Å². The van der Waals surface area contributed by atoms with Gasteiger partial charge < -0.3 is 30.3 Å². The molecule has 0 aromatic heterocycles. The Bertz CT molecular complexity index is 408. The van der Waals surface area contributed by atoms with Gasteiger partial charge >= 0.3 is 0 Å². The number of aliphatic hydroxyl groups is 5. The Hall–Kier alpha value is -1.02. The molecule has 1 heterocycles. The predicted molar refractivity (Wildman–Crippen MR) is 85.7 cm³/mol. The summed E-state index contributed by atoms with van der Waals surface area (Å²) in [4.78, 5) is 0. The van der Waals surface area contributed by atoms with Gasteiger partial charge in [0.05, 0.1) is 6.61 Å². The fraction of sp³-hybridized carbons (Fsp3) is 0.647. The highest BCUT2D eigenvalue weighted by molar-refractivity contribution is 5.14. The summed E-state index contributed by atoms with van der Waals surface area (Å²) in [5.41, 5.74) is 1.47. The first-order valence-corrected chi connectivity index (χ1v) is 8.03. The molecule has 5 N–H and O–H groups in total. The van der Waals surface area contributed by atoms with Gasteiger partial charge in [0.2, 0.25) is 0 Å². The van der Waals surface area contributed by atoms with E-state index in [0.717, 1.165) is 0 Å². The lowest BCUT2D eigenvalue weighted by atomic mass is 10.00. The maximum absolute atomic E-state index is 9.12. The minimum absolute atomic E-state index is 0.526. The fourth-order valence-corrected chi connectivity index (χ4v) is 2.31. The van der Waals surface area contributed by atoms with Crippen LogP contribution in [-0.4, -0.2) is 62.8 Å². The summed E-state index contributed by atoms with van der Waals surface area (Å²) < 4.78 is 4.58. The van der Waals surface area contributed by atoms with Crippen LogP contribution in [-0.2, 0) is 11.2 Å². The third-order valence-electron chi connectivity index (χ3n) is 3.78. The summed E-state index contributed by atoms with van der Waals surface area (Å²) in [5.74, 6) is 0. The molecule has 23 heavy (non-hydrogen) atoms. The molecule has 5 atom stereocenters. The third kappa shape index (κ3) is 6.55. The van der Waals surface area contributed by atoms with Crippen LogP contribution in [0.4, 0.5) is 0 Å². The van der Waals surface area contributed by atoms with Crippen molar-refractivity contribution in [2.75, 3.05) is 6.61 Å². The molecule has 1 aliphatic rings. The van der Waals surface area contributed by atoms with E-state index >= 15 is 0 Å². The van der Waals surface area contributed by atoms with Crippen molar-refractivity contribution in [1.29, 1.82) is 0 Å². The van der Waals surface area contributed by atoms with Crippen molar-refractivity contribution in [2.45, 2.75) is 63.3 Å². The van der Waals surface area contributed by atoms with E-state index in [2.05, 4.69) is 42.0 Å². The Kier molecular flexibility index (Phi) is 9.31. The Balaban J connectivity index is 0.000000231. The zero-order valence-electron chi connectivity index (χ0n) is 13.5. The van der Waals surface area contributed by atoms with E-state index in [0.29, 0.717) is 0 Å². The molecule has 2 rings (SSSR count). The summed E-state index contributed by atoms with van der Waals surface area (Å²) in [6.07, 6.45) is -1.79. The zero-order chi connectivity index (χ0) is 17.2.